The summed E-state index contributed by atoms with van der Waals surface area (Å²) < 4.78 is 1.57. The number of aliphatic carboxylic acids is 1. The molecule has 0 amide bonds. The van der Waals surface area contributed by atoms with Gasteiger partial charge >= 0.3 is 5.97 Å². The lowest BCUT2D eigenvalue weighted by Crippen LogP contribution is -2.10. The van der Waals surface area contributed by atoms with Crippen molar-refractivity contribution in [3.05, 3.63) is 0 Å². The van der Waals surface area contributed by atoms with Crippen LogP contribution in [0.3, 0.4) is 0 Å². The highest BCUT2D eigenvalue weighted by molar-refractivity contribution is 7.99. The van der Waals surface area contributed by atoms with Crippen LogP contribution in [0.2, 0.25) is 0 Å². The van der Waals surface area contributed by atoms with Crippen LogP contribution in [0.15, 0.2) is 5.16 Å². The third-order valence-electron chi connectivity index (χ3n) is 1.78. The van der Waals surface area contributed by atoms with Gasteiger partial charge in [0.05, 0.1) is 5.92 Å². The van der Waals surface area contributed by atoms with Gasteiger partial charge in [0, 0.05) is 12.8 Å². The zero-order valence-corrected chi connectivity index (χ0v) is 8.86. The van der Waals surface area contributed by atoms with Crippen molar-refractivity contribution in [3.8, 4) is 0 Å². The highest BCUT2D eigenvalue weighted by Crippen LogP contribution is 2.16. The van der Waals surface area contributed by atoms with E-state index in [0.29, 0.717) is 17.3 Å². The van der Waals surface area contributed by atoms with E-state index in [-0.39, 0.29) is 5.92 Å². The number of aromatic nitrogens is 4. The maximum absolute atomic E-state index is 10.5. The van der Waals surface area contributed by atoms with Crippen LogP contribution in [0.4, 0.5) is 0 Å². The minimum Gasteiger partial charge on any atom is -0.481 e. The molecule has 6 nitrogen and oxygen atoms in total. The molecule has 7 heteroatoms. The first-order valence-electron chi connectivity index (χ1n) is 4.19. The van der Waals surface area contributed by atoms with E-state index in [4.69, 9.17) is 5.11 Å². The Morgan fingerprint density at radius 2 is 2.43 bits per heavy atom. The number of carboxylic acids is 1. The first-order chi connectivity index (χ1) is 6.61. The van der Waals surface area contributed by atoms with Crippen LogP contribution in [-0.4, -0.2) is 37.0 Å². The van der Waals surface area contributed by atoms with E-state index in [1.54, 1.807) is 18.7 Å². The molecule has 1 heterocycles. The zero-order chi connectivity index (χ0) is 10.6. The van der Waals surface area contributed by atoms with Crippen molar-refractivity contribution in [1.82, 2.24) is 20.2 Å². The lowest BCUT2D eigenvalue weighted by atomic mass is 10.1. The van der Waals surface area contributed by atoms with Gasteiger partial charge in [0.25, 0.3) is 0 Å². The molecule has 1 aromatic heterocycles. The molecule has 0 radical (unpaired) electrons. The van der Waals surface area contributed by atoms with Crippen molar-refractivity contribution in [2.45, 2.75) is 18.5 Å². The molecule has 0 saturated heterocycles. The quantitative estimate of drug-likeness (QED) is 0.718. The molecular formula is C7H12N4O2S. The fraction of sp³-hybridized carbons (Fsp3) is 0.714. The minimum atomic E-state index is -0.762. The number of hydrogen-bond acceptors (Lipinski definition) is 5. The summed E-state index contributed by atoms with van der Waals surface area (Å²) in [5.74, 6) is -0.368. The fourth-order valence-corrected chi connectivity index (χ4v) is 1.77. The molecule has 14 heavy (non-hydrogen) atoms. The van der Waals surface area contributed by atoms with Gasteiger partial charge in [-0.3, -0.25) is 4.79 Å². The Labute approximate surface area is 85.7 Å². The van der Waals surface area contributed by atoms with E-state index in [1.165, 1.54) is 11.8 Å². The molecule has 0 aliphatic carbocycles. The highest BCUT2D eigenvalue weighted by atomic mass is 32.2. The number of tetrazole rings is 1. The van der Waals surface area contributed by atoms with Gasteiger partial charge in [-0.25, -0.2) is 4.68 Å². The van der Waals surface area contributed by atoms with Crippen molar-refractivity contribution < 1.29 is 9.90 Å². The molecule has 0 aliphatic heterocycles. The predicted octanol–water partition coefficient (Wildman–Crippen LogP) is 0.413. The number of thioether (sulfide) groups is 1. The van der Waals surface area contributed by atoms with Crippen molar-refractivity contribution in [2.75, 3.05) is 5.75 Å². The summed E-state index contributed by atoms with van der Waals surface area (Å²) in [7, 11) is 1.75. The van der Waals surface area contributed by atoms with Crippen molar-refractivity contribution in [2.24, 2.45) is 13.0 Å². The number of nitrogens with zero attached hydrogens (tertiary/aromatic N) is 4. The molecule has 1 atom stereocenters. The number of carbonyl (C=O) groups is 1. The van der Waals surface area contributed by atoms with Gasteiger partial charge < -0.3 is 5.11 Å². The van der Waals surface area contributed by atoms with Crippen molar-refractivity contribution in [3.63, 3.8) is 0 Å². The largest absolute Gasteiger partial charge is 0.481 e. The zero-order valence-electron chi connectivity index (χ0n) is 8.04. The number of hydrogen-bond donors (Lipinski definition) is 1. The Morgan fingerprint density at radius 1 is 1.71 bits per heavy atom. The molecule has 78 valence electrons. The van der Waals surface area contributed by atoms with E-state index >= 15 is 0 Å². The standard InChI is InChI=1S/C7H12N4O2S/c1-5(6(12)13)3-4-14-7-8-9-10-11(7)2/h5H,3-4H2,1-2H3,(H,12,13). The van der Waals surface area contributed by atoms with Crippen molar-refractivity contribution >= 4 is 17.7 Å². The molecule has 0 saturated carbocycles. The molecule has 1 unspecified atom stereocenters. The second kappa shape index (κ2) is 4.94. The SMILES string of the molecule is CC(CCSc1nnnn1C)C(=O)O. The van der Waals surface area contributed by atoms with Gasteiger partial charge in [-0.1, -0.05) is 18.7 Å². The third kappa shape index (κ3) is 2.99. The predicted molar refractivity (Wildman–Crippen MR) is 50.9 cm³/mol. The Morgan fingerprint density at radius 3 is 2.93 bits per heavy atom. The van der Waals surface area contributed by atoms with E-state index in [9.17, 15) is 4.79 Å². The van der Waals surface area contributed by atoms with Crippen LogP contribution in [-0.2, 0) is 11.8 Å². The normalized spacial score (nSPS) is 12.7. The summed E-state index contributed by atoms with van der Waals surface area (Å²) in [5, 5.41) is 20.3. The average molecular weight is 216 g/mol. The maximum Gasteiger partial charge on any atom is 0.306 e. The molecule has 0 spiro atoms. The number of carboxylic acid groups (broad SMARTS) is 1. The number of aryl methyl sites for hydroxylation is 1. The van der Waals surface area contributed by atoms with Crippen LogP contribution in [0.1, 0.15) is 13.3 Å². The highest BCUT2D eigenvalue weighted by Gasteiger charge is 2.11. The second-order valence-electron chi connectivity index (χ2n) is 2.96. The second-order valence-corrected chi connectivity index (χ2v) is 4.02. The van der Waals surface area contributed by atoms with Gasteiger partial charge in [-0.05, 0) is 16.8 Å². The van der Waals surface area contributed by atoms with Gasteiger partial charge in [0.2, 0.25) is 5.16 Å². The Balaban J connectivity index is 2.29. The molecule has 0 bridgehead atoms. The summed E-state index contributed by atoms with van der Waals surface area (Å²) in [5.41, 5.74) is 0. The van der Waals surface area contributed by atoms with Gasteiger partial charge in [0.1, 0.15) is 0 Å². The van der Waals surface area contributed by atoms with E-state index in [1.807, 2.05) is 0 Å². The lowest BCUT2D eigenvalue weighted by Gasteiger charge is -2.03. The summed E-state index contributed by atoms with van der Waals surface area (Å²) in [4.78, 5) is 10.5. The third-order valence-corrected chi connectivity index (χ3v) is 2.83. The lowest BCUT2D eigenvalue weighted by molar-refractivity contribution is -0.141. The summed E-state index contributed by atoms with van der Waals surface area (Å²) in [6.07, 6.45) is 0.618. The molecule has 1 aromatic rings. The van der Waals surface area contributed by atoms with Crippen LogP contribution >= 0.6 is 11.8 Å². The van der Waals surface area contributed by atoms with Gasteiger partial charge in [-0.2, -0.15) is 0 Å². The van der Waals surface area contributed by atoms with E-state index in [2.05, 4.69) is 15.5 Å². The van der Waals surface area contributed by atoms with Crippen LogP contribution in [0.5, 0.6) is 0 Å². The van der Waals surface area contributed by atoms with E-state index < -0.39 is 5.97 Å². The van der Waals surface area contributed by atoms with Crippen LogP contribution in [0, 0.1) is 5.92 Å². The molecule has 1 rings (SSSR count). The van der Waals surface area contributed by atoms with Crippen molar-refractivity contribution in [1.29, 1.82) is 0 Å². The first kappa shape index (κ1) is 11.0. The van der Waals surface area contributed by atoms with Gasteiger partial charge in [0.15, 0.2) is 0 Å². The Kier molecular flexibility index (Phi) is 3.87. The number of rotatable bonds is 5. The minimum absolute atomic E-state index is 0.316. The Hall–Kier alpha value is -1.11. The topological polar surface area (TPSA) is 80.9 Å². The molecular weight excluding hydrogens is 204 g/mol. The molecule has 0 fully saturated rings. The summed E-state index contributed by atoms with van der Waals surface area (Å²) in [6, 6.07) is 0. The van der Waals surface area contributed by atoms with Gasteiger partial charge in [-0.15, -0.1) is 5.10 Å². The molecule has 0 aromatic carbocycles. The monoisotopic (exact) mass is 216 g/mol. The van der Waals surface area contributed by atoms with E-state index in [0.717, 1.165) is 0 Å². The summed E-state index contributed by atoms with van der Waals surface area (Å²) in [6.45, 7) is 1.69. The average Bonchev–Trinajstić information content (AvgIpc) is 2.51. The molecule has 0 aliphatic rings. The Bertz CT molecular complexity index is 314. The first-order valence-corrected chi connectivity index (χ1v) is 5.17. The molecule has 1 N–H and O–H groups in total. The summed E-state index contributed by atoms with van der Waals surface area (Å²) >= 11 is 1.46. The maximum atomic E-state index is 10.5. The van der Waals surface area contributed by atoms with Crippen LogP contribution < -0.4 is 0 Å². The fourth-order valence-electron chi connectivity index (χ4n) is 0.794. The van der Waals surface area contributed by atoms with Crippen LogP contribution in [0.25, 0.3) is 0 Å². The smallest absolute Gasteiger partial charge is 0.306 e.